The summed E-state index contributed by atoms with van der Waals surface area (Å²) in [6, 6.07) is 4.84. The number of rotatable bonds is 4. The quantitative estimate of drug-likeness (QED) is 0.370. The first-order valence-corrected chi connectivity index (χ1v) is 5.28. The minimum atomic E-state index is -1.33. The van der Waals surface area contributed by atoms with Crippen molar-refractivity contribution in [1.82, 2.24) is 0 Å². The summed E-state index contributed by atoms with van der Waals surface area (Å²) in [6.07, 6.45) is 0. The SMILES string of the molecule is COc1ccc(C(C)(Br)[N+](=O)[O-])cc1OC. The van der Waals surface area contributed by atoms with Crippen molar-refractivity contribution in [3.05, 3.63) is 33.9 Å². The molecule has 0 spiro atoms. The molecule has 16 heavy (non-hydrogen) atoms. The van der Waals surface area contributed by atoms with E-state index in [2.05, 4.69) is 15.9 Å². The number of benzene rings is 1. The van der Waals surface area contributed by atoms with Crippen LogP contribution in [0, 0.1) is 10.1 Å². The largest absolute Gasteiger partial charge is 0.493 e. The van der Waals surface area contributed by atoms with Gasteiger partial charge in [-0.15, -0.1) is 0 Å². The monoisotopic (exact) mass is 289 g/mol. The van der Waals surface area contributed by atoms with Crippen molar-refractivity contribution in [2.45, 2.75) is 11.4 Å². The third-order valence-corrected chi connectivity index (χ3v) is 3.00. The van der Waals surface area contributed by atoms with Gasteiger partial charge in [-0.3, -0.25) is 10.1 Å². The zero-order chi connectivity index (χ0) is 12.3. The van der Waals surface area contributed by atoms with Crippen molar-refractivity contribution in [3.8, 4) is 11.5 Å². The van der Waals surface area contributed by atoms with Crippen LogP contribution in [0.3, 0.4) is 0 Å². The standard InChI is InChI=1S/C10H12BrNO4/c1-10(11,12(13)14)7-4-5-8(15-2)9(6-7)16-3/h4-6H,1-3H3. The number of nitrogens with zero attached hydrogens (tertiary/aromatic N) is 1. The molecule has 0 aliphatic carbocycles. The van der Waals surface area contributed by atoms with E-state index in [1.54, 1.807) is 18.2 Å². The minimum Gasteiger partial charge on any atom is -0.493 e. The summed E-state index contributed by atoms with van der Waals surface area (Å²) in [5.41, 5.74) is 0.496. The lowest BCUT2D eigenvalue weighted by Gasteiger charge is -2.16. The Labute approximate surface area is 102 Å². The molecule has 1 rings (SSSR count). The Morgan fingerprint density at radius 1 is 1.31 bits per heavy atom. The highest BCUT2D eigenvalue weighted by Gasteiger charge is 2.36. The Bertz CT molecular complexity index is 406. The first-order valence-electron chi connectivity index (χ1n) is 4.49. The average Bonchev–Trinajstić information content (AvgIpc) is 2.27. The van der Waals surface area contributed by atoms with Gasteiger partial charge in [-0.2, -0.15) is 0 Å². The van der Waals surface area contributed by atoms with Crippen LogP contribution in [0.4, 0.5) is 0 Å². The van der Waals surface area contributed by atoms with Crippen molar-refractivity contribution >= 4 is 15.9 Å². The van der Waals surface area contributed by atoms with Crippen molar-refractivity contribution in [3.63, 3.8) is 0 Å². The molecule has 0 bridgehead atoms. The smallest absolute Gasteiger partial charge is 0.297 e. The van der Waals surface area contributed by atoms with Crippen LogP contribution in [0.2, 0.25) is 0 Å². The van der Waals surface area contributed by atoms with E-state index in [0.29, 0.717) is 17.1 Å². The molecule has 5 nitrogen and oxygen atoms in total. The van der Waals surface area contributed by atoms with Gasteiger partial charge in [0.15, 0.2) is 11.5 Å². The molecule has 1 aromatic rings. The highest BCUT2D eigenvalue weighted by molar-refractivity contribution is 9.09. The molecule has 6 heteroatoms. The van der Waals surface area contributed by atoms with Crippen LogP contribution in [-0.2, 0) is 4.45 Å². The molecule has 0 saturated carbocycles. The van der Waals surface area contributed by atoms with E-state index in [1.165, 1.54) is 21.1 Å². The Hall–Kier alpha value is -1.30. The number of halogens is 1. The summed E-state index contributed by atoms with van der Waals surface area (Å²) in [5.74, 6) is 1.01. The molecule has 0 N–H and O–H groups in total. The van der Waals surface area contributed by atoms with Gasteiger partial charge in [-0.25, -0.2) is 0 Å². The van der Waals surface area contributed by atoms with Crippen molar-refractivity contribution in [2.75, 3.05) is 14.2 Å². The maximum Gasteiger partial charge on any atom is 0.297 e. The van der Waals surface area contributed by atoms with E-state index in [4.69, 9.17) is 9.47 Å². The van der Waals surface area contributed by atoms with Crippen LogP contribution in [-0.4, -0.2) is 19.1 Å². The molecule has 1 unspecified atom stereocenters. The highest BCUT2D eigenvalue weighted by Crippen LogP contribution is 2.36. The fourth-order valence-corrected chi connectivity index (χ4v) is 1.47. The van der Waals surface area contributed by atoms with Gasteiger partial charge in [0.25, 0.3) is 4.45 Å². The highest BCUT2D eigenvalue weighted by atomic mass is 79.9. The fourth-order valence-electron chi connectivity index (χ4n) is 1.23. The predicted molar refractivity (Wildman–Crippen MR) is 62.8 cm³/mol. The van der Waals surface area contributed by atoms with Gasteiger partial charge in [0.2, 0.25) is 0 Å². The Balaban J connectivity index is 3.23. The molecule has 0 fully saturated rings. The zero-order valence-electron chi connectivity index (χ0n) is 9.19. The van der Waals surface area contributed by atoms with Gasteiger partial charge in [-0.05, 0) is 18.2 Å². The molecule has 0 aliphatic rings. The predicted octanol–water partition coefficient (Wildman–Crippen LogP) is 2.55. The summed E-state index contributed by atoms with van der Waals surface area (Å²) >= 11 is 3.07. The molecule has 88 valence electrons. The van der Waals surface area contributed by atoms with E-state index >= 15 is 0 Å². The maximum atomic E-state index is 10.9. The van der Waals surface area contributed by atoms with Gasteiger partial charge in [0.1, 0.15) is 0 Å². The number of hydrogen-bond donors (Lipinski definition) is 0. The summed E-state index contributed by atoms with van der Waals surface area (Å²) in [7, 11) is 3.00. The molecular weight excluding hydrogens is 278 g/mol. The topological polar surface area (TPSA) is 61.6 Å². The van der Waals surface area contributed by atoms with Gasteiger partial charge in [0, 0.05) is 33.3 Å². The summed E-state index contributed by atoms with van der Waals surface area (Å²) in [5, 5.41) is 10.9. The second-order valence-corrected chi connectivity index (χ2v) is 4.82. The lowest BCUT2D eigenvalue weighted by molar-refractivity contribution is -0.538. The Morgan fingerprint density at radius 3 is 2.31 bits per heavy atom. The van der Waals surface area contributed by atoms with Crippen LogP contribution in [0.1, 0.15) is 12.5 Å². The lowest BCUT2D eigenvalue weighted by atomic mass is 10.1. The fraction of sp³-hybridized carbons (Fsp3) is 0.400. The molecule has 0 radical (unpaired) electrons. The van der Waals surface area contributed by atoms with Crippen molar-refractivity contribution in [2.24, 2.45) is 0 Å². The van der Waals surface area contributed by atoms with Gasteiger partial charge >= 0.3 is 0 Å². The van der Waals surface area contributed by atoms with Crippen molar-refractivity contribution in [1.29, 1.82) is 0 Å². The molecule has 1 aromatic carbocycles. The number of alkyl halides is 1. The maximum absolute atomic E-state index is 10.9. The van der Waals surface area contributed by atoms with E-state index in [0.717, 1.165) is 0 Å². The first-order chi connectivity index (χ1) is 7.43. The molecule has 1 atom stereocenters. The zero-order valence-corrected chi connectivity index (χ0v) is 10.8. The Kier molecular flexibility index (Phi) is 3.74. The van der Waals surface area contributed by atoms with Crippen LogP contribution < -0.4 is 9.47 Å². The van der Waals surface area contributed by atoms with E-state index in [-0.39, 0.29) is 0 Å². The lowest BCUT2D eigenvalue weighted by Crippen LogP contribution is -2.24. The summed E-state index contributed by atoms with van der Waals surface area (Å²) in [6.45, 7) is 1.47. The summed E-state index contributed by atoms with van der Waals surface area (Å²) < 4.78 is 8.81. The third kappa shape index (κ3) is 2.27. The molecule has 0 heterocycles. The van der Waals surface area contributed by atoms with E-state index < -0.39 is 9.37 Å². The number of nitro groups is 1. The molecular formula is C10H12BrNO4. The normalized spacial score (nSPS) is 14.0. The molecule has 0 amide bonds. The molecule has 0 aromatic heterocycles. The average molecular weight is 290 g/mol. The van der Waals surface area contributed by atoms with Gasteiger partial charge in [-0.1, -0.05) is 0 Å². The molecule has 0 aliphatic heterocycles. The number of methoxy groups -OCH3 is 2. The van der Waals surface area contributed by atoms with Crippen LogP contribution in [0.15, 0.2) is 18.2 Å². The van der Waals surface area contributed by atoms with Crippen LogP contribution in [0.25, 0.3) is 0 Å². The minimum absolute atomic E-state index is 0.408. The summed E-state index contributed by atoms with van der Waals surface area (Å²) in [4.78, 5) is 10.5. The Morgan fingerprint density at radius 2 is 1.88 bits per heavy atom. The van der Waals surface area contributed by atoms with Gasteiger partial charge in [0.05, 0.1) is 14.2 Å². The first kappa shape index (κ1) is 12.8. The van der Waals surface area contributed by atoms with E-state index in [1.807, 2.05) is 0 Å². The van der Waals surface area contributed by atoms with Crippen molar-refractivity contribution < 1.29 is 14.4 Å². The number of ether oxygens (including phenoxy) is 2. The molecule has 0 saturated heterocycles. The number of hydrogen-bond acceptors (Lipinski definition) is 4. The third-order valence-electron chi connectivity index (χ3n) is 2.25. The second-order valence-electron chi connectivity index (χ2n) is 3.28. The van der Waals surface area contributed by atoms with Gasteiger partial charge < -0.3 is 9.47 Å². The van der Waals surface area contributed by atoms with Crippen LogP contribution >= 0.6 is 15.9 Å². The van der Waals surface area contributed by atoms with E-state index in [9.17, 15) is 10.1 Å². The second kappa shape index (κ2) is 4.69. The van der Waals surface area contributed by atoms with Crippen LogP contribution in [0.5, 0.6) is 11.5 Å².